The van der Waals surface area contributed by atoms with Crippen LogP contribution >= 0.6 is 11.3 Å². The van der Waals surface area contributed by atoms with Crippen molar-refractivity contribution in [2.45, 2.75) is 51.7 Å². The lowest BCUT2D eigenvalue weighted by Gasteiger charge is -2.30. The molecule has 2 rings (SSSR count). The molecule has 1 aromatic heterocycles. The molecule has 1 N–H and O–H groups in total. The lowest BCUT2D eigenvalue weighted by molar-refractivity contribution is -0.150. The second-order valence-corrected chi connectivity index (χ2v) is 6.63. The Balaban J connectivity index is 1.79. The molecule has 0 aromatic carbocycles. The van der Waals surface area contributed by atoms with Crippen LogP contribution in [0.4, 0.5) is 0 Å². The van der Waals surface area contributed by atoms with Gasteiger partial charge in [-0.2, -0.15) is 11.3 Å². The van der Waals surface area contributed by atoms with Crippen LogP contribution in [0.15, 0.2) is 22.9 Å². The van der Waals surface area contributed by atoms with Gasteiger partial charge in [0, 0.05) is 12.1 Å². The predicted octanol–water partition coefficient (Wildman–Crippen LogP) is 3.39. The molecule has 3 atom stereocenters. The molecule has 1 aromatic rings. The fraction of sp³-hybridized carbons (Fsp3) is 0.529. The van der Waals surface area contributed by atoms with Crippen LogP contribution in [-0.4, -0.2) is 24.0 Å². The van der Waals surface area contributed by atoms with E-state index in [-0.39, 0.29) is 11.9 Å². The second kappa shape index (κ2) is 8.13. The highest BCUT2D eigenvalue weighted by atomic mass is 32.1. The number of thiophene rings is 1. The van der Waals surface area contributed by atoms with Crippen molar-refractivity contribution in [1.82, 2.24) is 5.32 Å². The second-order valence-electron chi connectivity index (χ2n) is 5.85. The van der Waals surface area contributed by atoms with Crippen molar-refractivity contribution in [3.8, 4) is 0 Å². The largest absolute Gasteiger partial charge is 0.449 e. The molecule has 1 aliphatic rings. The first-order valence-corrected chi connectivity index (χ1v) is 8.72. The maximum Gasteiger partial charge on any atom is 0.331 e. The molecule has 0 saturated heterocycles. The topological polar surface area (TPSA) is 55.4 Å². The van der Waals surface area contributed by atoms with E-state index in [2.05, 4.69) is 12.2 Å². The summed E-state index contributed by atoms with van der Waals surface area (Å²) in [6.45, 7) is 3.77. The molecule has 0 spiro atoms. The third kappa shape index (κ3) is 4.98. The molecular weight excluding hydrogens is 298 g/mol. The summed E-state index contributed by atoms with van der Waals surface area (Å²) in [5.41, 5.74) is 0.954. The van der Waals surface area contributed by atoms with E-state index in [1.807, 2.05) is 16.8 Å². The quantitative estimate of drug-likeness (QED) is 0.668. The van der Waals surface area contributed by atoms with Gasteiger partial charge in [0.05, 0.1) is 0 Å². The van der Waals surface area contributed by atoms with Gasteiger partial charge in [-0.3, -0.25) is 4.79 Å². The first kappa shape index (κ1) is 16.7. The molecule has 22 heavy (non-hydrogen) atoms. The van der Waals surface area contributed by atoms with E-state index in [0.717, 1.165) is 24.8 Å². The summed E-state index contributed by atoms with van der Waals surface area (Å²) >= 11 is 1.56. The van der Waals surface area contributed by atoms with Gasteiger partial charge in [-0.1, -0.05) is 19.8 Å². The van der Waals surface area contributed by atoms with Gasteiger partial charge in [-0.25, -0.2) is 4.79 Å². The van der Waals surface area contributed by atoms with Crippen LogP contribution in [0.2, 0.25) is 0 Å². The van der Waals surface area contributed by atoms with E-state index in [4.69, 9.17) is 4.74 Å². The lowest BCUT2D eigenvalue weighted by Crippen LogP contribution is -2.45. The average molecular weight is 321 g/mol. The van der Waals surface area contributed by atoms with Gasteiger partial charge in [-0.05, 0) is 54.1 Å². The van der Waals surface area contributed by atoms with Crippen LogP contribution in [0, 0.1) is 5.92 Å². The molecule has 0 aliphatic heterocycles. The number of ether oxygens (including phenoxy) is 1. The Labute approximate surface area is 135 Å². The van der Waals surface area contributed by atoms with Gasteiger partial charge in [-0.15, -0.1) is 0 Å². The maximum absolute atomic E-state index is 12.1. The van der Waals surface area contributed by atoms with E-state index in [0.29, 0.717) is 5.92 Å². The number of hydrogen-bond donors (Lipinski definition) is 1. The summed E-state index contributed by atoms with van der Waals surface area (Å²) in [5.74, 6) is -0.222. The molecule has 1 amide bonds. The molecule has 1 saturated carbocycles. The zero-order valence-electron chi connectivity index (χ0n) is 13.1. The minimum absolute atomic E-state index is 0.198. The van der Waals surface area contributed by atoms with Crippen molar-refractivity contribution in [3.63, 3.8) is 0 Å². The molecule has 1 aliphatic carbocycles. The number of nitrogens with one attached hydrogen (secondary N) is 1. The molecule has 0 unspecified atom stereocenters. The minimum atomic E-state index is -0.770. The van der Waals surface area contributed by atoms with E-state index in [1.165, 1.54) is 12.5 Å². The van der Waals surface area contributed by atoms with Crippen LogP contribution < -0.4 is 5.32 Å². The Hall–Kier alpha value is -1.62. The summed E-state index contributed by atoms with van der Waals surface area (Å²) in [4.78, 5) is 23.8. The highest BCUT2D eigenvalue weighted by Gasteiger charge is 2.25. The first-order valence-electron chi connectivity index (χ1n) is 7.77. The van der Waals surface area contributed by atoms with Crippen LogP contribution in [0.3, 0.4) is 0 Å². The third-order valence-electron chi connectivity index (χ3n) is 4.06. The zero-order chi connectivity index (χ0) is 15.9. The van der Waals surface area contributed by atoms with E-state index in [1.54, 1.807) is 24.3 Å². The summed E-state index contributed by atoms with van der Waals surface area (Å²) in [6, 6.07) is 2.11. The smallest absolute Gasteiger partial charge is 0.331 e. The van der Waals surface area contributed by atoms with Crippen LogP contribution in [-0.2, 0) is 14.3 Å². The number of esters is 1. The highest BCUT2D eigenvalue weighted by molar-refractivity contribution is 7.08. The molecule has 120 valence electrons. The Kier molecular flexibility index (Phi) is 6.19. The maximum atomic E-state index is 12.1. The van der Waals surface area contributed by atoms with Crippen molar-refractivity contribution in [3.05, 3.63) is 28.5 Å². The van der Waals surface area contributed by atoms with Gasteiger partial charge in [0.15, 0.2) is 6.10 Å². The Morgan fingerprint density at radius 1 is 1.41 bits per heavy atom. The number of carbonyl (C=O) groups is 2. The fourth-order valence-corrected chi connectivity index (χ4v) is 3.26. The van der Waals surface area contributed by atoms with E-state index < -0.39 is 12.1 Å². The molecule has 0 radical (unpaired) electrons. The average Bonchev–Trinajstić information content (AvgIpc) is 3.00. The number of carbonyl (C=O) groups excluding carboxylic acids is 2. The lowest BCUT2D eigenvalue weighted by atomic mass is 9.86. The standard InChI is InChI=1S/C17H23NO3S/c1-12-5-3-4-6-15(12)18-17(20)13(2)21-16(19)8-7-14-9-10-22-11-14/h7-13,15H,3-6H2,1-2H3,(H,18,20)/b8-7+/t12-,13+,15-/m0/s1. The fourth-order valence-electron chi connectivity index (χ4n) is 2.63. The molecule has 4 nitrogen and oxygen atoms in total. The summed E-state index contributed by atoms with van der Waals surface area (Å²) in [7, 11) is 0. The number of hydrogen-bond acceptors (Lipinski definition) is 4. The predicted molar refractivity (Wildman–Crippen MR) is 88.5 cm³/mol. The zero-order valence-corrected chi connectivity index (χ0v) is 13.9. The van der Waals surface area contributed by atoms with Gasteiger partial charge >= 0.3 is 5.97 Å². The SMILES string of the molecule is C[C@@H](OC(=O)/C=C/c1ccsc1)C(=O)N[C@H]1CCCC[C@@H]1C. The van der Waals surface area contributed by atoms with Crippen molar-refractivity contribution < 1.29 is 14.3 Å². The van der Waals surface area contributed by atoms with Gasteiger partial charge in [0.25, 0.3) is 5.91 Å². The van der Waals surface area contributed by atoms with E-state index >= 15 is 0 Å². The summed E-state index contributed by atoms with van der Waals surface area (Å²) in [6.07, 6.45) is 6.79. The van der Waals surface area contributed by atoms with Gasteiger partial charge < -0.3 is 10.1 Å². The van der Waals surface area contributed by atoms with Crippen LogP contribution in [0.25, 0.3) is 6.08 Å². The van der Waals surface area contributed by atoms with Gasteiger partial charge in [0.2, 0.25) is 0 Å². The molecule has 5 heteroatoms. The summed E-state index contributed by atoms with van der Waals surface area (Å²) in [5, 5.41) is 6.88. The normalized spacial score (nSPS) is 23.2. The molecule has 0 bridgehead atoms. The van der Waals surface area contributed by atoms with E-state index in [9.17, 15) is 9.59 Å². The number of rotatable bonds is 5. The highest BCUT2D eigenvalue weighted by Crippen LogP contribution is 2.23. The third-order valence-corrected chi connectivity index (χ3v) is 4.76. The van der Waals surface area contributed by atoms with Crippen LogP contribution in [0.1, 0.15) is 45.1 Å². The monoisotopic (exact) mass is 321 g/mol. The van der Waals surface area contributed by atoms with Crippen LogP contribution in [0.5, 0.6) is 0 Å². The van der Waals surface area contributed by atoms with Crippen molar-refractivity contribution >= 4 is 29.3 Å². The Bertz CT molecular complexity index is 524. The minimum Gasteiger partial charge on any atom is -0.449 e. The number of amides is 1. The van der Waals surface area contributed by atoms with Crippen molar-refractivity contribution in [1.29, 1.82) is 0 Å². The van der Waals surface area contributed by atoms with Gasteiger partial charge in [0.1, 0.15) is 0 Å². The molecular formula is C17H23NO3S. The molecule has 1 fully saturated rings. The van der Waals surface area contributed by atoms with Crippen molar-refractivity contribution in [2.24, 2.45) is 5.92 Å². The Morgan fingerprint density at radius 2 is 2.18 bits per heavy atom. The first-order chi connectivity index (χ1) is 10.6. The summed E-state index contributed by atoms with van der Waals surface area (Å²) < 4.78 is 5.15. The Morgan fingerprint density at radius 3 is 2.86 bits per heavy atom. The van der Waals surface area contributed by atoms with Crippen molar-refractivity contribution in [2.75, 3.05) is 0 Å². The molecule has 1 heterocycles.